The quantitative estimate of drug-likeness (QED) is 0.600. The van der Waals surface area contributed by atoms with Crippen LogP contribution in [-0.2, 0) is 23.0 Å². The van der Waals surface area contributed by atoms with E-state index in [4.69, 9.17) is 9.94 Å². The van der Waals surface area contributed by atoms with Crippen molar-refractivity contribution < 1.29 is 19.1 Å². The molecule has 2 rings (SSSR count). The first-order chi connectivity index (χ1) is 11.5. The number of benzene rings is 1. The Hall–Kier alpha value is -2.25. The standard InChI is InChI=1S/C17H22FN3O3/c1-11-8-13(18)5-4-12(11)9-14(15-6-7-19-21(15)2)16(24-3)10-17(22)20-23/h4-8,14,16,23H,9-10H2,1-3H3,(H,20,22)/t14-,16-/m1/s1. The summed E-state index contributed by atoms with van der Waals surface area (Å²) < 4.78 is 20.6. The molecule has 2 aromatic rings. The number of hydroxylamine groups is 1. The van der Waals surface area contributed by atoms with Crippen LogP contribution in [0.3, 0.4) is 0 Å². The first-order valence-corrected chi connectivity index (χ1v) is 7.65. The Morgan fingerprint density at radius 2 is 2.21 bits per heavy atom. The monoisotopic (exact) mass is 335 g/mol. The Balaban J connectivity index is 2.35. The fourth-order valence-corrected chi connectivity index (χ4v) is 2.92. The van der Waals surface area contributed by atoms with Crippen LogP contribution >= 0.6 is 0 Å². The molecule has 0 bridgehead atoms. The molecule has 0 aliphatic rings. The van der Waals surface area contributed by atoms with Gasteiger partial charge >= 0.3 is 0 Å². The molecule has 1 aromatic heterocycles. The Morgan fingerprint density at radius 3 is 2.75 bits per heavy atom. The minimum absolute atomic E-state index is 0.00306. The van der Waals surface area contributed by atoms with Crippen LogP contribution in [0.15, 0.2) is 30.5 Å². The summed E-state index contributed by atoms with van der Waals surface area (Å²) in [5.74, 6) is -0.981. The molecule has 7 heteroatoms. The number of aromatic nitrogens is 2. The average Bonchev–Trinajstić information content (AvgIpc) is 2.98. The highest BCUT2D eigenvalue weighted by molar-refractivity contribution is 5.75. The zero-order chi connectivity index (χ0) is 17.7. The number of hydrogen-bond donors (Lipinski definition) is 2. The van der Waals surface area contributed by atoms with Gasteiger partial charge in [0.05, 0.1) is 12.5 Å². The van der Waals surface area contributed by atoms with Gasteiger partial charge < -0.3 is 4.74 Å². The highest BCUT2D eigenvalue weighted by Crippen LogP contribution is 2.29. The third-order valence-electron chi connectivity index (χ3n) is 4.25. The third kappa shape index (κ3) is 4.18. The molecule has 130 valence electrons. The van der Waals surface area contributed by atoms with Crippen molar-refractivity contribution in [2.24, 2.45) is 7.05 Å². The average molecular weight is 335 g/mol. The van der Waals surface area contributed by atoms with E-state index in [9.17, 15) is 9.18 Å². The second-order valence-electron chi connectivity index (χ2n) is 5.77. The molecule has 0 radical (unpaired) electrons. The Kier molecular flexibility index (Phi) is 6.05. The van der Waals surface area contributed by atoms with Crippen LogP contribution in [0.1, 0.15) is 29.2 Å². The Bertz CT molecular complexity index is 702. The molecule has 0 unspecified atom stereocenters. The van der Waals surface area contributed by atoms with Gasteiger partial charge in [0.1, 0.15) is 5.82 Å². The molecule has 0 aliphatic heterocycles. The lowest BCUT2D eigenvalue weighted by Gasteiger charge is -2.26. The van der Waals surface area contributed by atoms with Crippen molar-refractivity contribution in [3.05, 3.63) is 53.1 Å². The molecule has 0 fully saturated rings. The van der Waals surface area contributed by atoms with E-state index in [1.54, 1.807) is 22.4 Å². The van der Waals surface area contributed by atoms with Crippen molar-refractivity contribution in [2.45, 2.75) is 31.8 Å². The summed E-state index contributed by atoms with van der Waals surface area (Å²) in [4.78, 5) is 11.6. The minimum Gasteiger partial charge on any atom is -0.380 e. The molecule has 1 aromatic carbocycles. The number of ether oxygens (including phenoxy) is 1. The van der Waals surface area contributed by atoms with E-state index in [1.165, 1.54) is 19.2 Å². The van der Waals surface area contributed by atoms with Crippen molar-refractivity contribution in [2.75, 3.05) is 7.11 Å². The zero-order valence-corrected chi connectivity index (χ0v) is 14.0. The first kappa shape index (κ1) is 18.1. The lowest BCUT2D eigenvalue weighted by Crippen LogP contribution is -2.32. The molecule has 2 N–H and O–H groups in total. The van der Waals surface area contributed by atoms with Crippen molar-refractivity contribution in [3.63, 3.8) is 0 Å². The molecule has 0 saturated carbocycles. The smallest absolute Gasteiger partial charge is 0.245 e. The second-order valence-corrected chi connectivity index (χ2v) is 5.77. The molecule has 1 heterocycles. The first-order valence-electron chi connectivity index (χ1n) is 7.65. The van der Waals surface area contributed by atoms with Crippen LogP contribution in [0, 0.1) is 12.7 Å². The molecule has 0 spiro atoms. The zero-order valence-electron chi connectivity index (χ0n) is 14.0. The van der Waals surface area contributed by atoms with E-state index in [2.05, 4.69) is 5.10 Å². The summed E-state index contributed by atoms with van der Waals surface area (Å²) in [5.41, 5.74) is 4.34. The summed E-state index contributed by atoms with van der Waals surface area (Å²) in [5, 5.41) is 13.0. The number of carbonyl (C=O) groups excluding carboxylic acids is 1. The van der Waals surface area contributed by atoms with Gasteiger partial charge in [-0.2, -0.15) is 5.10 Å². The van der Waals surface area contributed by atoms with Gasteiger partial charge in [-0.1, -0.05) is 6.07 Å². The molecule has 24 heavy (non-hydrogen) atoms. The van der Waals surface area contributed by atoms with E-state index in [-0.39, 0.29) is 18.2 Å². The highest BCUT2D eigenvalue weighted by Gasteiger charge is 2.28. The predicted octanol–water partition coefficient (Wildman–Crippen LogP) is 2.10. The number of carbonyl (C=O) groups is 1. The third-order valence-corrected chi connectivity index (χ3v) is 4.25. The van der Waals surface area contributed by atoms with Crippen LogP contribution in [0.25, 0.3) is 0 Å². The predicted molar refractivity (Wildman–Crippen MR) is 86.1 cm³/mol. The van der Waals surface area contributed by atoms with Gasteiger partial charge in [0.2, 0.25) is 5.91 Å². The number of nitrogens with one attached hydrogen (secondary N) is 1. The highest BCUT2D eigenvalue weighted by atomic mass is 19.1. The number of halogens is 1. The van der Waals surface area contributed by atoms with Crippen LogP contribution in [0.4, 0.5) is 4.39 Å². The lowest BCUT2D eigenvalue weighted by atomic mass is 9.87. The summed E-state index contributed by atoms with van der Waals surface area (Å²) in [6.07, 6.45) is 1.78. The van der Waals surface area contributed by atoms with E-state index in [0.29, 0.717) is 6.42 Å². The van der Waals surface area contributed by atoms with Crippen molar-refractivity contribution >= 4 is 5.91 Å². The van der Waals surface area contributed by atoms with E-state index < -0.39 is 12.0 Å². The van der Waals surface area contributed by atoms with Crippen LogP contribution in [0.2, 0.25) is 0 Å². The normalized spacial score (nSPS) is 13.5. The van der Waals surface area contributed by atoms with Crippen molar-refractivity contribution in [1.29, 1.82) is 0 Å². The topological polar surface area (TPSA) is 76.4 Å². The van der Waals surface area contributed by atoms with E-state index >= 15 is 0 Å². The Labute approximate surface area is 140 Å². The summed E-state index contributed by atoms with van der Waals surface area (Å²) in [7, 11) is 3.34. The van der Waals surface area contributed by atoms with Gasteiger partial charge in [-0.3, -0.25) is 14.7 Å². The molecular formula is C17H22FN3O3. The molecular weight excluding hydrogens is 313 g/mol. The Morgan fingerprint density at radius 1 is 1.46 bits per heavy atom. The number of aryl methyl sites for hydroxylation is 2. The van der Waals surface area contributed by atoms with Gasteiger partial charge in [-0.25, -0.2) is 9.87 Å². The number of nitrogens with zero attached hydrogens (tertiary/aromatic N) is 2. The maximum atomic E-state index is 13.3. The van der Waals surface area contributed by atoms with Gasteiger partial charge in [0, 0.05) is 32.0 Å². The summed E-state index contributed by atoms with van der Waals surface area (Å²) in [6, 6.07) is 6.52. The fraction of sp³-hybridized carbons (Fsp3) is 0.412. The van der Waals surface area contributed by atoms with E-state index in [0.717, 1.165) is 16.8 Å². The van der Waals surface area contributed by atoms with Gasteiger partial charge in [-0.15, -0.1) is 0 Å². The van der Waals surface area contributed by atoms with Gasteiger partial charge in [0.15, 0.2) is 0 Å². The van der Waals surface area contributed by atoms with Crippen molar-refractivity contribution in [3.8, 4) is 0 Å². The molecule has 0 aliphatic carbocycles. The van der Waals surface area contributed by atoms with E-state index in [1.807, 2.05) is 20.0 Å². The SMILES string of the molecule is CO[C@H](CC(=O)NO)[C@H](Cc1ccc(F)cc1C)c1ccnn1C. The number of methoxy groups -OCH3 is 1. The maximum Gasteiger partial charge on any atom is 0.245 e. The fourth-order valence-electron chi connectivity index (χ4n) is 2.92. The molecule has 0 saturated heterocycles. The number of rotatable bonds is 7. The van der Waals surface area contributed by atoms with Crippen LogP contribution in [0.5, 0.6) is 0 Å². The van der Waals surface area contributed by atoms with Crippen LogP contribution < -0.4 is 5.48 Å². The molecule has 1 amide bonds. The molecule has 6 nitrogen and oxygen atoms in total. The lowest BCUT2D eigenvalue weighted by molar-refractivity contribution is -0.132. The maximum absolute atomic E-state index is 13.3. The number of hydrogen-bond acceptors (Lipinski definition) is 4. The van der Waals surface area contributed by atoms with Gasteiger partial charge in [0.25, 0.3) is 0 Å². The second kappa shape index (κ2) is 8.03. The van der Waals surface area contributed by atoms with Crippen LogP contribution in [-0.4, -0.2) is 34.1 Å². The summed E-state index contributed by atoms with van der Waals surface area (Å²) >= 11 is 0. The summed E-state index contributed by atoms with van der Waals surface area (Å²) in [6.45, 7) is 1.85. The van der Waals surface area contributed by atoms with Crippen molar-refractivity contribution in [1.82, 2.24) is 15.3 Å². The minimum atomic E-state index is -0.523. The van der Waals surface area contributed by atoms with Gasteiger partial charge in [-0.05, 0) is 42.7 Å². The largest absolute Gasteiger partial charge is 0.380 e. The molecule has 2 atom stereocenters. The number of amides is 1.